The number of aliphatic imine (C=N–C) groups is 1. The average molecular weight is 185 g/mol. The van der Waals surface area contributed by atoms with Gasteiger partial charge in [-0.1, -0.05) is 26.7 Å². The molecule has 0 bridgehead atoms. The largest absolute Gasteiger partial charge is 0.370 e. The van der Waals surface area contributed by atoms with Gasteiger partial charge in [-0.15, -0.1) is 0 Å². The molecule has 0 unspecified atom stereocenters. The zero-order valence-corrected chi connectivity index (χ0v) is 9.38. The van der Waals surface area contributed by atoms with Crippen molar-refractivity contribution >= 4 is 5.96 Å². The maximum Gasteiger partial charge on any atom is 0.190 e. The van der Waals surface area contributed by atoms with E-state index >= 15 is 0 Å². The van der Waals surface area contributed by atoms with Crippen LogP contribution in [0.25, 0.3) is 0 Å². The number of guanidine groups is 1. The third-order valence-corrected chi connectivity index (χ3v) is 2.57. The van der Waals surface area contributed by atoms with Crippen molar-refractivity contribution in [1.82, 2.24) is 4.90 Å². The zero-order valence-electron chi connectivity index (χ0n) is 9.38. The Morgan fingerprint density at radius 1 is 1.31 bits per heavy atom. The van der Waals surface area contributed by atoms with Crippen molar-refractivity contribution in [2.45, 2.75) is 33.6 Å². The van der Waals surface area contributed by atoms with Gasteiger partial charge in [0.05, 0.1) is 0 Å². The van der Waals surface area contributed by atoms with E-state index in [1.54, 1.807) is 7.05 Å². The SMILES string of the molecule is CCC(CC)CN(CC)C(N)=NC. The number of nitrogens with two attached hydrogens (primary N) is 1. The zero-order chi connectivity index (χ0) is 10.3. The monoisotopic (exact) mass is 185 g/mol. The minimum absolute atomic E-state index is 0.661. The lowest BCUT2D eigenvalue weighted by molar-refractivity contribution is 0.332. The Kier molecular flexibility index (Phi) is 6.37. The second-order valence-electron chi connectivity index (χ2n) is 3.30. The molecule has 3 nitrogen and oxygen atoms in total. The summed E-state index contributed by atoms with van der Waals surface area (Å²) in [6.07, 6.45) is 2.42. The molecule has 0 radical (unpaired) electrons. The molecule has 0 amide bonds. The van der Waals surface area contributed by atoms with Crippen molar-refractivity contribution in [1.29, 1.82) is 0 Å². The average Bonchev–Trinajstić information content (AvgIpc) is 2.19. The Morgan fingerprint density at radius 2 is 1.85 bits per heavy atom. The molecule has 0 aromatic carbocycles. The third kappa shape index (κ3) is 4.15. The van der Waals surface area contributed by atoms with Gasteiger partial charge in [0, 0.05) is 20.1 Å². The number of rotatable bonds is 5. The highest BCUT2D eigenvalue weighted by Gasteiger charge is 2.10. The van der Waals surface area contributed by atoms with Crippen molar-refractivity contribution < 1.29 is 0 Å². The first kappa shape index (κ1) is 12.3. The van der Waals surface area contributed by atoms with Gasteiger partial charge in [0.15, 0.2) is 5.96 Å². The van der Waals surface area contributed by atoms with E-state index < -0.39 is 0 Å². The van der Waals surface area contributed by atoms with Gasteiger partial charge < -0.3 is 10.6 Å². The molecule has 0 aliphatic carbocycles. The van der Waals surface area contributed by atoms with Gasteiger partial charge >= 0.3 is 0 Å². The van der Waals surface area contributed by atoms with E-state index in [1.165, 1.54) is 12.8 Å². The second kappa shape index (κ2) is 6.75. The van der Waals surface area contributed by atoms with Crippen LogP contribution in [0.3, 0.4) is 0 Å². The van der Waals surface area contributed by atoms with E-state index in [4.69, 9.17) is 5.73 Å². The molecular weight excluding hydrogens is 162 g/mol. The minimum atomic E-state index is 0.661. The molecule has 0 spiro atoms. The first-order valence-electron chi connectivity index (χ1n) is 5.16. The topological polar surface area (TPSA) is 41.6 Å². The second-order valence-corrected chi connectivity index (χ2v) is 3.30. The molecule has 0 aromatic rings. The predicted octanol–water partition coefficient (Wildman–Crippen LogP) is 1.69. The van der Waals surface area contributed by atoms with E-state index in [0.29, 0.717) is 5.96 Å². The Labute approximate surface area is 82.0 Å². The van der Waals surface area contributed by atoms with Gasteiger partial charge in [-0.2, -0.15) is 0 Å². The Bertz CT molecular complexity index is 150. The summed E-state index contributed by atoms with van der Waals surface area (Å²) in [5.41, 5.74) is 5.76. The highest BCUT2D eigenvalue weighted by Crippen LogP contribution is 2.09. The van der Waals surface area contributed by atoms with Crippen molar-refractivity contribution in [3.63, 3.8) is 0 Å². The summed E-state index contributed by atoms with van der Waals surface area (Å²) in [6, 6.07) is 0. The number of hydrogen-bond acceptors (Lipinski definition) is 1. The molecular formula is C10H23N3. The van der Waals surface area contributed by atoms with Crippen molar-refractivity contribution in [3.05, 3.63) is 0 Å². The van der Waals surface area contributed by atoms with Crippen molar-refractivity contribution in [2.75, 3.05) is 20.1 Å². The van der Waals surface area contributed by atoms with Crippen LogP contribution >= 0.6 is 0 Å². The third-order valence-electron chi connectivity index (χ3n) is 2.57. The molecule has 0 rings (SSSR count). The molecule has 78 valence electrons. The van der Waals surface area contributed by atoms with Crippen LogP contribution in [0.15, 0.2) is 4.99 Å². The molecule has 3 heteroatoms. The molecule has 0 aliphatic heterocycles. The Balaban J connectivity index is 4.10. The fourth-order valence-corrected chi connectivity index (χ4v) is 1.38. The van der Waals surface area contributed by atoms with Crippen LogP contribution in [0.2, 0.25) is 0 Å². The standard InChI is InChI=1S/C10H23N3/c1-5-9(6-2)8-13(7-3)10(11)12-4/h9H,5-8H2,1-4H3,(H2,11,12). The van der Waals surface area contributed by atoms with Crippen LogP contribution in [0.1, 0.15) is 33.6 Å². The van der Waals surface area contributed by atoms with Crippen LogP contribution in [0.5, 0.6) is 0 Å². The smallest absolute Gasteiger partial charge is 0.190 e. The molecule has 2 N–H and O–H groups in total. The predicted molar refractivity (Wildman–Crippen MR) is 58.9 cm³/mol. The van der Waals surface area contributed by atoms with Crippen molar-refractivity contribution in [3.8, 4) is 0 Å². The molecule has 0 saturated carbocycles. The normalized spacial score (nSPS) is 12.2. The molecule has 13 heavy (non-hydrogen) atoms. The van der Waals surface area contributed by atoms with Gasteiger partial charge in [-0.05, 0) is 12.8 Å². The van der Waals surface area contributed by atoms with Crippen LogP contribution in [0.4, 0.5) is 0 Å². The molecule has 0 fully saturated rings. The number of nitrogens with zero attached hydrogens (tertiary/aromatic N) is 2. The highest BCUT2D eigenvalue weighted by molar-refractivity contribution is 5.77. The van der Waals surface area contributed by atoms with Gasteiger partial charge in [0.1, 0.15) is 0 Å². The van der Waals surface area contributed by atoms with Crippen LogP contribution in [0, 0.1) is 5.92 Å². The Hall–Kier alpha value is -0.730. The van der Waals surface area contributed by atoms with Crippen molar-refractivity contribution in [2.24, 2.45) is 16.6 Å². The van der Waals surface area contributed by atoms with E-state index in [2.05, 4.69) is 30.7 Å². The van der Waals surface area contributed by atoms with Gasteiger partial charge in [-0.25, -0.2) is 0 Å². The summed E-state index contributed by atoms with van der Waals surface area (Å²) >= 11 is 0. The van der Waals surface area contributed by atoms with Gasteiger partial charge in [0.25, 0.3) is 0 Å². The summed E-state index contributed by atoms with van der Waals surface area (Å²) in [4.78, 5) is 6.14. The molecule has 0 saturated heterocycles. The fourth-order valence-electron chi connectivity index (χ4n) is 1.38. The first-order valence-corrected chi connectivity index (χ1v) is 5.16. The van der Waals surface area contributed by atoms with Crippen LogP contribution < -0.4 is 5.73 Å². The van der Waals surface area contributed by atoms with E-state index in [9.17, 15) is 0 Å². The summed E-state index contributed by atoms with van der Waals surface area (Å²) in [7, 11) is 1.74. The van der Waals surface area contributed by atoms with E-state index in [0.717, 1.165) is 19.0 Å². The lowest BCUT2D eigenvalue weighted by Crippen LogP contribution is -2.40. The van der Waals surface area contributed by atoms with Crippen LogP contribution in [-0.4, -0.2) is 31.0 Å². The quantitative estimate of drug-likeness (QED) is 0.523. The van der Waals surface area contributed by atoms with Gasteiger partial charge in [-0.3, -0.25) is 4.99 Å². The fraction of sp³-hybridized carbons (Fsp3) is 0.900. The maximum absolute atomic E-state index is 5.76. The molecule has 0 heterocycles. The number of hydrogen-bond donors (Lipinski definition) is 1. The maximum atomic E-state index is 5.76. The van der Waals surface area contributed by atoms with E-state index in [-0.39, 0.29) is 0 Å². The minimum Gasteiger partial charge on any atom is -0.370 e. The Morgan fingerprint density at radius 3 is 2.15 bits per heavy atom. The molecule has 0 atom stereocenters. The lowest BCUT2D eigenvalue weighted by Gasteiger charge is -2.25. The van der Waals surface area contributed by atoms with Gasteiger partial charge in [0.2, 0.25) is 0 Å². The lowest BCUT2D eigenvalue weighted by atomic mass is 10.0. The van der Waals surface area contributed by atoms with E-state index in [1.807, 2.05) is 0 Å². The first-order chi connectivity index (χ1) is 6.19. The highest BCUT2D eigenvalue weighted by atomic mass is 15.2. The summed E-state index contributed by atoms with van der Waals surface area (Å²) < 4.78 is 0. The summed E-state index contributed by atoms with van der Waals surface area (Å²) in [5.74, 6) is 1.40. The summed E-state index contributed by atoms with van der Waals surface area (Å²) in [6.45, 7) is 8.54. The molecule has 0 aliphatic rings. The molecule has 0 aromatic heterocycles. The summed E-state index contributed by atoms with van der Waals surface area (Å²) in [5, 5.41) is 0. The van der Waals surface area contributed by atoms with Crippen LogP contribution in [-0.2, 0) is 0 Å².